The summed E-state index contributed by atoms with van der Waals surface area (Å²) in [5.74, 6) is -1.78. The molecule has 0 saturated heterocycles. The molecule has 14 heteroatoms. The zero-order valence-corrected chi connectivity index (χ0v) is 27.9. The zero-order chi connectivity index (χ0) is 29.8. The molecule has 0 amide bonds. The van der Waals surface area contributed by atoms with Gasteiger partial charge in [-0.1, -0.05) is 57.2 Å². The van der Waals surface area contributed by atoms with Crippen LogP contribution in [-0.4, -0.2) is 22.4 Å². The fraction of sp³-hybridized carbons (Fsp3) is 0.286. The van der Waals surface area contributed by atoms with Gasteiger partial charge in [0.2, 0.25) is 0 Å². The van der Waals surface area contributed by atoms with Gasteiger partial charge in [0, 0.05) is 28.6 Å². The minimum absolute atomic E-state index is 0. The molecule has 4 rings (SSSR count). The summed E-state index contributed by atoms with van der Waals surface area (Å²) in [6.07, 6.45) is 5.96. The molecular weight excluding hydrogens is 691 g/mol. The number of nitrogens with zero attached hydrogens (tertiary/aromatic N) is 2. The summed E-state index contributed by atoms with van der Waals surface area (Å²) >= 11 is 6.16. The quantitative estimate of drug-likeness (QED) is 0.0543. The Morgan fingerprint density at radius 3 is 2.24 bits per heavy atom. The number of carbonyl (C=O) groups is 1. The molecule has 0 N–H and O–H groups in total. The van der Waals surface area contributed by atoms with E-state index in [1.807, 2.05) is 0 Å². The van der Waals surface area contributed by atoms with E-state index < -0.39 is 38.4 Å². The number of rotatable bonds is 11. The monoisotopic (exact) mass is 712 g/mol. The van der Waals surface area contributed by atoms with E-state index in [1.54, 1.807) is 18.2 Å². The van der Waals surface area contributed by atoms with E-state index in [2.05, 4.69) is 38.8 Å². The van der Waals surface area contributed by atoms with Crippen LogP contribution in [-0.2, 0) is 4.74 Å². The Balaban J connectivity index is 0.00000484. The smallest absolute Gasteiger partial charge is 0.867 e. The van der Waals surface area contributed by atoms with E-state index >= 15 is 0 Å². The molecule has 0 radical (unpaired) electrons. The predicted molar refractivity (Wildman–Crippen MR) is 156 cm³/mol. The van der Waals surface area contributed by atoms with Crippen LogP contribution in [0.5, 0.6) is 5.75 Å². The van der Waals surface area contributed by atoms with Crippen molar-refractivity contribution in [3.63, 3.8) is 0 Å². The number of hydrogen-bond acceptors (Lipinski definition) is 9. The van der Waals surface area contributed by atoms with Crippen molar-refractivity contribution < 1.29 is 58.5 Å². The van der Waals surface area contributed by atoms with Crippen molar-refractivity contribution in [2.24, 2.45) is 0 Å². The molecule has 2 aromatic carbocycles. The van der Waals surface area contributed by atoms with Gasteiger partial charge in [0.25, 0.3) is 11.1 Å². The first-order chi connectivity index (χ1) is 19.6. The van der Waals surface area contributed by atoms with Crippen LogP contribution in [0, 0.1) is 20.2 Å². The van der Waals surface area contributed by atoms with E-state index in [4.69, 9.17) is 9.15 Å². The van der Waals surface area contributed by atoms with Gasteiger partial charge in [-0.05, 0) is 55.7 Å². The minimum Gasteiger partial charge on any atom is -0.867 e. The molecule has 0 fully saturated rings. The molecule has 0 aromatic heterocycles. The number of non-ortho nitro benzene ring substituents is 1. The first-order valence-corrected chi connectivity index (χ1v) is 14.3. The second-order valence-electron chi connectivity index (χ2n) is 9.27. The Morgan fingerprint density at radius 1 is 0.929 bits per heavy atom. The van der Waals surface area contributed by atoms with Gasteiger partial charge in [0.05, 0.1) is 26.5 Å². The van der Waals surface area contributed by atoms with Gasteiger partial charge in [-0.15, -0.1) is 0 Å². The van der Waals surface area contributed by atoms with Crippen molar-refractivity contribution in [2.45, 2.75) is 45.4 Å². The molecule has 0 saturated carbocycles. The number of unbranched alkanes of at least 4 members (excludes halogenated alkanes) is 5. The maximum Gasteiger partial charge on any atom is 1.00 e. The predicted octanol–water partition coefficient (Wildman–Crippen LogP) is 4.50. The van der Waals surface area contributed by atoms with Gasteiger partial charge in [-0.2, -0.15) is 0 Å². The van der Waals surface area contributed by atoms with Crippen molar-refractivity contribution in [2.75, 3.05) is 6.61 Å². The number of carbonyl (C=O) groups excluding carboxylic acids is 1. The number of nitro benzene ring substituents is 2. The van der Waals surface area contributed by atoms with E-state index in [1.165, 1.54) is 6.07 Å². The van der Waals surface area contributed by atoms with Gasteiger partial charge in [-0.25, -0.2) is 4.79 Å². The van der Waals surface area contributed by atoms with E-state index in [-0.39, 0.29) is 84.1 Å². The average Bonchev–Trinajstić information content (AvgIpc) is 2.95. The molecule has 2 aliphatic rings. The molecule has 0 atom stereocenters. The standard InChI is InChI=1S/C28H24Br2N2O9.Na/c1-2-3-4-5-6-9-12-40-28(35)16-11-8-7-10-15(16)21-17-13-19(31(36)37)24(33)22(29)26(17)41-27-18(21)14-20(32(38)39)25(34)23(27)30;/h7-8,10-11,13-14,33H,2-6,9,12H2,1H3;/q;+1/p-1. The summed E-state index contributed by atoms with van der Waals surface area (Å²) in [6, 6.07) is 8.24. The molecule has 214 valence electrons. The molecule has 0 bridgehead atoms. The van der Waals surface area contributed by atoms with Crippen molar-refractivity contribution in [3.05, 3.63) is 81.4 Å². The van der Waals surface area contributed by atoms with Gasteiger partial charge in [-0.3, -0.25) is 25.0 Å². The summed E-state index contributed by atoms with van der Waals surface area (Å²) in [5.41, 5.74) is -2.24. The molecule has 0 unspecified atom stereocenters. The molecule has 1 aliphatic carbocycles. The van der Waals surface area contributed by atoms with Gasteiger partial charge in [0.15, 0.2) is 5.76 Å². The third-order valence-electron chi connectivity index (χ3n) is 6.60. The number of nitro groups is 2. The summed E-state index contributed by atoms with van der Waals surface area (Å²) in [6.45, 7) is 2.30. The van der Waals surface area contributed by atoms with Crippen molar-refractivity contribution in [3.8, 4) is 28.2 Å². The van der Waals surface area contributed by atoms with E-state index in [9.17, 15) is 34.9 Å². The van der Waals surface area contributed by atoms with Crippen LogP contribution in [0.15, 0.2) is 54.6 Å². The van der Waals surface area contributed by atoms with Crippen molar-refractivity contribution >= 4 is 60.2 Å². The molecule has 11 nitrogen and oxygen atoms in total. The van der Waals surface area contributed by atoms with Gasteiger partial charge < -0.3 is 14.3 Å². The van der Waals surface area contributed by atoms with Gasteiger partial charge in [0.1, 0.15) is 10.1 Å². The van der Waals surface area contributed by atoms with Crippen LogP contribution >= 0.6 is 31.9 Å². The second-order valence-corrected chi connectivity index (χ2v) is 10.9. The normalized spacial score (nSPS) is 10.9. The van der Waals surface area contributed by atoms with Crippen LogP contribution in [0.25, 0.3) is 33.4 Å². The van der Waals surface area contributed by atoms with Crippen LogP contribution in [0.2, 0.25) is 0 Å². The van der Waals surface area contributed by atoms with E-state index in [0.29, 0.717) is 6.42 Å². The molecule has 42 heavy (non-hydrogen) atoms. The summed E-state index contributed by atoms with van der Waals surface area (Å²) in [5, 5.41) is 36.2. The summed E-state index contributed by atoms with van der Waals surface area (Å²) < 4.78 is 10.8. The topological polar surface area (TPSA) is 166 Å². The number of benzene rings is 3. The number of fused-ring (bicyclic) bond motifs is 2. The first kappa shape index (κ1) is 33.7. The fourth-order valence-electron chi connectivity index (χ4n) is 4.59. The Hall–Kier alpha value is -2.84. The SMILES string of the molecule is CCCCCCCCOC(=O)c1ccccc1-c1c2cc([N+](=O)[O-])c(=O)c(Br)c-2oc2c(Br)c([O-])c([N+](=O)[O-])cc12.[Na+]. The fourth-order valence-corrected chi connectivity index (χ4v) is 5.58. The Kier molecular flexibility index (Phi) is 11.7. The van der Waals surface area contributed by atoms with Crippen molar-refractivity contribution in [1.29, 1.82) is 0 Å². The number of hydrogen-bond donors (Lipinski definition) is 0. The van der Waals surface area contributed by atoms with Crippen LogP contribution < -0.4 is 40.1 Å². The molecular formula is C28H23Br2N2NaO9. The average molecular weight is 714 g/mol. The minimum atomic E-state index is -0.969. The molecule has 1 aliphatic heterocycles. The maximum atomic E-state index is 13.3. The Morgan fingerprint density at radius 2 is 1.57 bits per heavy atom. The largest absolute Gasteiger partial charge is 1.00 e. The third kappa shape index (κ3) is 6.70. The van der Waals surface area contributed by atoms with Crippen LogP contribution in [0.4, 0.5) is 11.4 Å². The number of esters is 1. The number of halogens is 2. The van der Waals surface area contributed by atoms with Gasteiger partial charge >= 0.3 is 41.2 Å². The van der Waals surface area contributed by atoms with Crippen molar-refractivity contribution in [1.82, 2.24) is 0 Å². The molecule has 1 heterocycles. The molecule has 2 aromatic rings. The zero-order valence-electron chi connectivity index (χ0n) is 22.7. The second kappa shape index (κ2) is 14.6. The van der Waals surface area contributed by atoms with Crippen LogP contribution in [0.3, 0.4) is 0 Å². The Labute approximate surface area is 278 Å². The maximum absolute atomic E-state index is 13.3. The molecule has 0 spiro atoms. The third-order valence-corrected chi connectivity index (χ3v) is 8.04. The Bertz CT molecular complexity index is 1710. The van der Waals surface area contributed by atoms with E-state index in [0.717, 1.165) is 44.2 Å². The van der Waals surface area contributed by atoms with Crippen LogP contribution in [0.1, 0.15) is 55.8 Å². The number of ether oxygens (including phenoxy) is 1. The summed E-state index contributed by atoms with van der Waals surface area (Å²) in [4.78, 5) is 47.7. The first-order valence-electron chi connectivity index (χ1n) is 12.8. The summed E-state index contributed by atoms with van der Waals surface area (Å²) in [7, 11) is 0.